The van der Waals surface area contributed by atoms with Crippen LogP contribution in [0.25, 0.3) is 5.69 Å². The van der Waals surface area contributed by atoms with Gasteiger partial charge in [-0.2, -0.15) is 5.10 Å². The molecule has 1 aromatic carbocycles. The second-order valence-corrected chi connectivity index (χ2v) is 5.49. The molecule has 24 heavy (non-hydrogen) atoms. The van der Waals surface area contributed by atoms with Crippen molar-refractivity contribution in [1.82, 2.24) is 14.7 Å². The van der Waals surface area contributed by atoms with Crippen LogP contribution in [0.5, 0.6) is 5.75 Å². The minimum Gasteiger partial charge on any atom is -0.493 e. The van der Waals surface area contributed by atoms with E-state index in [1.165, 1.54) is 11.8 Å². The summed E-state index contributed by atoms with van der Waals surface area (Å²) < 4.78 is 11.8. The van der Waals surface area contributed by atoms with Gasteiger partial charge in [-0.25, -0.2) is 9.48 Å². The van der Waals surface area contributed by atoms with Crippen LogP contribution in [0.3, 0.4) is 0 Å². The average Bonchev–Trinajstić information content (AvgIpc) is 3.29. The van der Waals surface area contributed by atoms with Crippen LogP contribution in [0.1, 0.15) is 23.3 Å². The number of ether oxygens (including phenoxy) is 2. The third-order valence-corrected chi connectivity index (χ3v) is 3.90. The van der Waals surface area contributed by atoms with E-state index in [0.717, 1.165) is 31.6 Å². The molecule has 1 aromatic heterocycles. The zero-order valence-electron chi connectivity index (χ0n) is 13.5. The Kier molecular flexibility index (Phi) is 4.79. The minimum absolute atomic E-state index is 0.0515. The van der Waals surface area contributed by atoms with Gasteiger partial charge in [0.2, 0.25) is 5.69 Å². The molecule has 0 spiro atoms. The lowest BCUT2D eigenvalue weighted by atomic mass is 10.3. The van der Waals surface area contributed by atoms with Gasteiger partial charge in [-0.15, -0.1) is 0 Å². The highest BCUT2D eigenvalue weighted by atomic mass is 16.5. The monoisotopic (exact) mass is 329 g/mol. The number of carbonyl (C=O) groups excluding carboxylic acids is 2. The van der Waals surface area contributed by atoms with Crippen LogP contribution in [-0.4, -0.2) is 53.4 Å². The van der Waals surface area contributed by atoms with Gasteiger partial charge >= 0.3 is 5.97 Å². The van der Waals surface area contributed by atoms with Crippen molar-refractivity contribution in [3.05, 3.63) is 42.2 Å². The maximum atomic E-state index is 12.2. The summed E-state index contributed by atoms with van der Waals surface area (Å²) in [7, 11) is 1.46. The Hall–Kier alpha value is -2.83. The molecule has 0 N–H and O–H groups in total. The van der Waals surface area contributed by atoms with Crippen LogP contribution >= 0.6 is 0 Å². The summed E-state index contributed by atoms with van der Waals surface area (Å²) in [6.07, 6.45) is 3.60. The zero-order chi connectivity index (χ0) is 16.9. The minimum atomic E-state index is -0.672. The van der Waals surface area contributed by atoms with E-state index in [4.69, 9.17) is 9.47 Å². The average molecular weight is 329 g/mol. The number of amides is 1. The molecule has 1 aliphatic rings. The summed E-state index contributed by atoms with van der Waals surface area (Å²) in [6.45, 7) is 1.17. The summed E-state index contributed by atoms with van der Waals surface area (Å²) >= 11 is 0. The fourth-order valence-corrected chi connectivity index (χ4v) is 2.62. The Bertz CT molecular complexity index is 721. The lowest BCUT2D eigenvalue weighted by molar-refractivity contribution is -0.133. The Morgan fingerprint density at radius 3 is 2.54 bits per heavy atom. The molecule has 0 saturated carbocycles. The predicted molar refractivity (Wildman–Crippen MR) is 86.2 cm³/mol. The van der Waals surface area contributed by atoms with Crippen LogP contribution < -0.4 is 4.74 Å². The van der Waals surface area contributed by atoms with Gasteiger partial charge in [0.25, 0.3) is 5.91 Å². The SMILES string of the molecule is COc1cn(-c2ccccc2)nc1C(=O)OCC(=O)N1CCCC1. The molecule has 7 heteroatoms. The van der Waals surface area contributed by atoms with Crippen LogP contribution in [-0.2, 0) is 9.53 Å². The second kappa shape index (κ2) is 7.16. The number of para-hydroxylation sites is 1. The van der Waals surface area contributed by atoms with E-state index in [9.17, 15) is 9.59 Å². The molecule has 7 nitrogen and oxygen atoms in total. The molecule has 0 radical (unpaired) electrons. The van der Waals surface area contributed by atoms with Crippen LogP contribution in [0.15, 0.2) is 36.5 Å². The summed E-state index contributed by atoms with van der Waals surface area (Å²) in [6, 6.07) is 9.35. The van der Waals surface area contributed by atoms with E-state index in [1.807, 2.05) is 30.3 Å². The summed E-state index contributed by atoms with van der Waals surface area (Å²) in [5.74, 6) is -0.547. The van der Waals surface area contributed by atoms with Crippen molar-refractivity contribution >= 4 is 11.9 Å². The molecule has 2 heterocycles. The molecule has 1 aliphatic heterocycles. The number of aromatic nitrogens is 2. The van der Waals surface area contributed by atoms with E-state index in [-0.39, 0.29) is 18.2 Å². The molecular weight excluding hydrogens is 310 g/mol. The maximum Gasteiger partial charge on any atom is 0.363 e. The Morgan fingerprint density at radius 2 is 1.88 bits per heavy atom. The first kappa shape index (κ1) is 16.0. The van der Waals surface area contributed by atoms with Crippen LogP contribution in [0.4, 0.5) is 0 Å². The lowest BCUT2D eigenvalue weighted by Crippen LogP contribution is -2.32. The van der Waals surface area contributed by atoms with Gasteiger partial charge in [-0.3, -0.25) is 4.79 Å². The van der Waals surface area contributed by atoms with Crippen molar-refractivity contribution in [2.24, 2.45) is 0 Å². The maximum absolute atomic E-state index is 12.2. The number of likely N-dealkylation sites (tertiary alicyclic amines) is 1. The molecular formula is C17H19N3O4. The quantitative estimate of drug-likeness (QED) is 0.780. The van der Waals surface area contributed by atoms with E-state index in [0.29, 0.717) is 5.75 Å². The lowest BCUT2D eigenvalue weighted by Gasteiger charge is -2.14. The third-order valence-electron chi connectivity index (χ3n) is 3.90. The number of hydrogen-bond acceptors (Lipinski definition) is 5. The summed E-state index contributed by atoms with van der Waals surface area (Å²) in [5, 5.41) is 4.22. The van der Waals surface area contributed by atoms with Crippen LogP contribution in [0, 0.1) is 0 Å². The molecule has 126 valence electrons. The van der Waals surface area contributed by atoms with Crippen molar-refractivity contribution in [1.29, 1.82) is 0 Å². The fraction of sp³-hybridized carbons (Fsp3) is 0.353. The van der Waals surface area contributed by atoms with Gasteiger partial charge in [0.1, 0.15) is 0 Å². The highest BCUT2D eigenvalue weighted by Gasteiger charge is 2.23. The van der Waals surface area contributed by atoms with E-state index in [1.54, 1.807) is 11.1 Å². The number of nitrogens with zero attached hydrogens (tertiary/aromatic N) is 3. The highest BCUT2D eigenvalue weighted by molar-refractivity contribution is 5.92. The second-order valence-electron chi connectivity index (χ2n) is 5.49. The van der Waals surface area contributed by atoms with Gasteiger partial charge in [0, 0.05) is 13.1 Å². The molecule has 1 amide bonds. The van der Waals surface area contributed by atoms with Gasteiger partial charge in [0.15, 0.2) is 12.4 Å². The van der Waals surface area contributed by atoms with Crippen molar-refractivity contribution in [2.75, 3.05) is 26.8 Å². The van der Waals surface area contributed by atoms with Gasteiger partial charge in [0.05, 0.1) is 19.0 Å². The predicted octanol–water partition coefficient (Wildman–Crippen LogP) is 1.66. The van der Waals surface area contributed by atoms with Crippen molar-refractivity contribution in [2.45, 2.75) is 12.8 Å². The number of carbonyl (C=O) groups is 2. The first-order chi connectivity index (χ1) is 11.7. The number of rotatable bonds is 5. The molecule has 0 atom stereocenters. The molecule has 0 unspecified atom stereocenters. The van der Waals surface area contributed by atoms with Crippen molar-refractivity contribution < 1.29 is 19.1 Å². The van der Waals surface area contributed by atoms with Gasteiger partial charge in [-0.1, -0.05) is 18.2 Å². The van der Waals surface area contributed by atoms with Gasteiger partial charge in [-0.05, 0) is 25.0 Å². The number of esters is 1. The molecule has 1 fully saturated rings. The molecule has 0 aliphatic carbocycles. The number of methoxy groups -OCH3 is 1. The largest absolute Gasteiger partial charge is 0.493 e. The van der Waals surface area contributed by atoms with E-state index < -0.39 is 5.97 Å². The molecule has 1 saturated heterocycles. The van der Waals surface area contributed by atoms with Crippen molar-refractivity contribution in [3.8, 4) is 11.4 Å². The summed E-state index contributed by atoms with van der Waals surface area (Å²) in [4.78, 5) is 25.9. The summed E-state index contributed by atoms with van der Waals surface area (Å²) in [5.41, 5.74) is 0.846. The standard InChI is InChI=1S/C17H19N3O4/c1-23-14-11-20(13-7-3-2-4-8-13)18-16(14)17(22)24-12-15(21)19-9-5-6-10-19/h2-4,7-8,11H,5-6,9-10,12H2,1H3. The topological polar surface area (TPSA) is 73.7 Å². The number of hydrogen-bond donors (Lipinski definition) is 0. The zero-order valence-corrected chi connectivity index (χ0v) is 13.5. The fourth-order valence-electron chi connectivity index (χ4n) is 2.62. The first-order valence-corrected chi connectivity index (χ1v) is 7.83. The highest BCUT2D eigenvalue weighted by Crippen LogP contribution is 2.20. The molecule has 0 bridgehead atoms. The Balaban J connectivity index is 1.70. The van der Waals surface area contributed by atoms with E-state index in [2.05, 4.69) is 5.10 Å². The third kappa shape index (κ3) is 3.40. The van der Waals surface area contributed by atoms with Crippen molar-refractivity contribution in [3.63, 3.8) is 0 Å². The molecule has 3 rings (SSSR count). The molecule has 2 aromatic rings. The van der Waals surface area contributed by atoms with Gasteiger partial charge < -0.3 is 14.4 Å². The number of benzene rings is 1. The first-order valence-electron chi connectivity index (χ1n) is 7.83. The van der Waals surface area contributed by atoms with E-state index >= 15 is 0 Å². The Labute approximate surface area is 139 Å². The van der Waals surface area contributed by atoms with Crippen LogP contribution in [0.2, 0.25) is 0 Å². The smallest absolute Gasteiger partial charge is 0.363 e. The Morgan fingerprint density at radius 1 is 1.17 bits per heavy atom. The normalized spacial score (nSPS) is 13.8.